The highest BCUT2D eigenvalue weighted by atomic mass is 32.2. The normalized spacial score (nSPS) is 11.4. The summed E-state index contributed by atoms with van der Waals surface area (Å²) in [4.78, 5) is 0.145. The van der Waals surface area contributed by atoms with Crippen LogP contribution in [0.5, 0.6) is 0 Å². The van der Waals surface area contributed by atoms with E-state index in [0.717, 1.165) is 0 Å². The molecule has 1 aromatic carbocycles. The number of rotatable bonds is 5. The maximum absolute atomic E-state index is 11.7. The number of hydrogen-bond acceptors (Lipinski definition) is 6. The van der Waals surface area contributed by atoms with Crippen LogP contribution in [0, 0.1) is 0 Å². The van der Waals surface area contributed by atoms with Crippen molar-refractivity contribution in [1.82, 2.24) is 9.88 Å². The molecule has 7 nitrogen and oxygen atoms in total. The van der Waals surface area contributed by atoms with E-state index in [0.29, 0.717) is 23.6 Å². The molecule has 0 aliphatic carbocycles. The molecule has 0 bridgehead atoms. The third-order valence-corrected chi connectivity index (χ3v) is 3.97. The summed E-state index contributed by atoms with van der Waals surface area (Å²) in [6.45, 7) is 0.393. The minimum atomic E-state index is -3.49. The Labute approximate surface area is 110 Å². The predicted octanol–water partition coefficient (Wildman–Crippen LogP) is 0.777. The molecular weight excluding hydrogens is 268 g/mol. The molecule has 0 atom stereocenters. The van der Waals surface area contributed by atoms with Gasteiger partial charge in [0.2, 0.25) is 10.0 Å². The van der Waals surface area contributed by atoms with Crippen LogP contribution in [0.3, 0.4) is 0 Å². The predicted molar refractivity (Wildman–Crippen MR) is 70.9 cm³/mol. The topological polar surface area (TPSA) is 110 Å². The fourth-order valence-electron chi connectivity index (χ4n) is 1.49. The molecule has 102 valence electrons. The van der Waals surface area contributed by atoms with Crippen molar-refractivity contribution in [2.24, 2.45) is 0 Å². The summed E-state index contributed by atoms with van der Waals surface area (Å²) in [6.07, 6.45) is 1.46. The molecule has 8 heteroatoms. The average molecular weight is 282 g/mol. The first-order valence-electron chi connectivity index (χ1n) is 5.49. The fourth-order valence-corrected chi connectivity index (χ4v) is 2.24. The van der Waals surface area contributed by atoms with Crippen molar-refractivity contribution in [2.45, 2.75) is 11.4 Å². The maximum atomic E-state index is 11.7. The Morgan fingerprint density at radius 2 is 2.16 bits per heavy atom. The third-order valence-electron chi connectivity index (χ3n) is 2.55. The molecule has 1 heterocycles. The lowest BCUT2D eigenvalue weighted by molar-refractivity contribution is 0.412. The number of nitrogen functional groups attached to an aromatic ring is 1. The number of hydrogen-bond donors (Lipinski definition) is 3. The molecule has 4 N–H and O–H groups in total. The van der Waals surface area contributed by atoms with Gasteiger partial charge >= 0.3 is 0 Å². The van der Waals surface area contributed by atoms with Crippen molar-refractivity contribution >= 4 is 21.4 Å². The van der Waals surface area contributed by atoms with Gasteiger partial charge in [0.25, 0.3) is 0 Å². The average Bonchev–Trinajstić information content (AvgIpc) is 2.90. The molecule has 0 spiro atoms. The van der Waals surface area contributed by atoms with Gasteiger partial charge in [-0.15, -0.1) is 0 Å². The molecule has 19 heavy (non-hydrogen) atoms. The summed E-state index contributed by atoms with van der Waals surface area (Å²) >= 11 is 0. The number of aromatic nitrogens is 1. The number of nitrogens with one attached hydrogen (secondary N) is 2. The number of benzene rings is 1. The summed E-state index contributed by atoms with van der Waals surface area (Å²) in [7, 11) is -2.13. The first kappa shape index (κ1) is 13.4. The van der Waals surface area contributed by atoms with Crippen molar-refractivity contribution in [2.75, 3.05) is 18.1 Å². The molecular formula is C11H14N4O3S. The Morgan fingerprint density at radius 3 is 2.79 bits per heavy atom. The van der Waals surface area contributed by atoms with Crippen molar-refractivity contribution in [3.8, 4) is 0 Å². The number of anilines is 2. The fraction of sp³-hybridized carbons (Fsp3) is 0.182. The van der Waals surface area contributed by atoms with E-state index in [1.165, 1.54) is 31.5 Å². The molecule has 0 unspecified atom stereocenters. The molecule has 0 aliphatic heterocycles. The second-order valence-corrected chi connectivity index (χ2v) is 5.69. The Bertz CT molecular complexity index is 653. The minimum absolute atomic E-state index is 0.145. The van der Waals surface area contributed by atoms with Crippen molar-refractivity contribution in [3.05, 3.63) is 36.2 Å². The monoisotopic (exact) mass is 282 g/mol. The van der Waals surface area contributed by atoms with Crippen LogP contribution in [-0.4, -0.2) is 20.6 Å². The van der Waals surface area contributed by atoms with E-state index in [1.54, 1.807) is 6.07 Å². The van der Waals surface area contributed by atoms with Gasteiger partial charge < -0.3 is 15.6 Å². The van der Waals surface area contributed by atoms with Crippen LogP contribution in [-0.2, 0) is 16.6 Å². The molecule has 0 fully saturated rings. The number of sulfonamides is 1. The van der Waals surface area contributed by atoms with Gasteiger partial charge in [-0.25, -0.2) is 13.1 Å². The molecule has 0 radical (unpaired) electrons. The third kappa shape index (κ3) is 3.04. The Hall–Kier alpha value is -2.06. The molecule has 0 aliphatic rings. The van der Waals surface area contributed by atoms with Crippen LogP contribution in [0.15, 0.2) is 39.9 Å². The van der Waals surface area contributed by atoms with E-state index < -0.39 is 10.0 Å². The van der Waals surface area contributed by atoms with E-state index in [9.17, 15) is 8.42 Å². The van der Waals surface area contributed by atoms with Crippen LogP contribution in [0.1, 0.15) is 5.69 Å². The van der Waals surface area contributed by atoms with Crippen molar-refractivity contribution < 1.29 is 12.9 Å². The van der Waals surface area contributed by atoms with Crippen LogP contribution in [0.25, 0.3) is 0 Å². The largest absolute Gasteiger partial charge is 0.397 e. The SMILES string of the molecule is CNS(=O)(=O)c1ccc(N)c(NCc2ccon2)c1. The molecule has 2 aromatic rings. The lowest BCUT2D eigenvalue weighted by atomic mass is 10.2. The quantitative estimate of drug-likeness (QED) is 0.699. The summed E-state index contributed by atoms with van der Waals surface area (Å²) in [5.41, 5.74) is 7.47. The van der Waals surface area contributed by atoms with Crippen LogP contribution in [0.4, 0.5) is 11.4 Å². The van der Waals surface area contributed by atoms with Gasteiger partial charge in [-0.3, -0.25) is 0 Å². The lowest BCUT2D eigenvalue weighted by Gasteiger charge is -2.10. The zero-order valence-corrected chi connectivity index (χ0v) is 11.1. The van der Waals surface area contributed by atoms with Gasteiger partial charge in [0, 0.05) is 6.07 Å². The van der Waals surface area contributed by atoms with Gasteiger partial charge in [-0.05, 0) is 25.2 Å². The summed E-state index contributed by atoms with van der Waals surface area (Å²) in [5, 5.41) is 6.75. The first-order valence-corrected chi connectivity index (χ1v) is 6.97. The highest BCUT2D eigenvalue weighted by Crippen LogP contribution is 2.23. The van der Waals surface area contributed by atoms with E-state index in [-0.39, 0.29) is 4.90 Å². The summed E-state index contributed by atoms with van der Waals surface area (Å²) in [5.74, 6) is 0. The standard InChI is InChI=1S/C11H14N4O3S/c1-13-19(16,17)9-2-3-10(12)11(6-9)14-7-8-4-5-18-15-8/h2-6,13-14H,7,12H2,1H3. The molecule has 0 amide bonds. The summed E-state index contributed by atoms with van der Waals surface area (Å²) < 4.78 is 30.3. The zero-order valence-electron chi connectivity index (χ0n) is 10.3. The number of nitrogens with zero attached hydrogens (tertiary/aromatic N) is 1. The Kier molecular flexibility index (Phi) is 3.72. The van der Waals surface area contributed by atoms with Gasteiger partial charge in [-0.2, -0.15) is 0 Å². The highest BCUT2D eigenvalue weighted by Gasteiger charge is 2.13. The maximum Gasteiger partial charge on any atom is 0.240 e. The molecule has 1 aromatic heterocycles. The van der Waals surface area contributed by atoms with E-state index in [4.69, 9.17) is 10.3 Å². The summed E-state index contributed by atoms with van der Waals surface area (Å²) in [6, 6.07) is 6.16. The van der Waals surface area contributed by atoms with E-state index in [2.05, 4.69) is 15.2 Å². The van der Waals surface area contributed by atoms with Gasteiger partial charge in [0.1, 0.15) is 12.0 Å². The van der Waals surface area contributed by atoms with Crippen molar-refractivity contribution in [3.63, 3.8) is 0 Å². The zero-order chi connectivity index (χ0) is 13.9. The van der Waals surface area contributed by atoms with E-state index in [1.807, 2.05) is 0 Å². The van der Waals surface area contributed by atoms with Crippen LogP contribution >= 0.6 is 0 Å². The molecule has 0 saturated carbocycles. The lowest BCUT2D eigenvalue weighted by Crippen LogP contribution is -2.18. The van der Waals surface area contributed by atoms with Crippen molar-refractivity contribution in [1.29, 1.82) is 0 Å². The van der Waals surface area contributed by atoms with Crippen LogP contribution < -0.4 is 15.8 Å². The highest BCUT2D eigenvalue weighted by molar-refractivity contribution is 7.89. The second-order valence-electron chi connectivity index (χ2n) is 3.80. The minimum Gasteiger partial charge on any atom is -0.397 e. The Balaban J connectivity index is 2.22. The molecule has 2 rings (SSSR count). The Morgan fingerprint density at radius 1 is 1.37 bits per heavy atom. The van der Waals surface area contributed by atoms with Gasteiger partial charge in [0.15, 0.2) is 0 Å². The smallest absolute Gasteiger partial charge is 0.240 e. The first-order chi connectivity index (χ1) is 9.03. The number of nitrogens with two attached hydrogens (primary N) is 1. The van der Waals surface area contributed by atoms with Gasteiger partial charge in [-0.1, -0.05) is 5.16 Å². The van der Waals surface area contributed by atoms with Gasteiger partial charge in [0.05, 0.1) is 22.8 Å². The molecule has 0 saturated heterocycles. The van der Waals surface area contributed by atoms with E-state index >= 15 is 0 Å². The second kappa shape index (κ2) is 5.29. The van der Waals surface area contributed by atoms with Crippen LogP contribution in [0.2, 0.25) is 0 Å².